The Hall–Kier alpha value is -2.02. The summed E-state index contributed by atoms with van der Waals surface area (Å²) in [5.41, 5.74) is 3.62. The van der Waals surface area contributed by atoms with Crippen molar-refractivity contribution in [3.8, 4) is 0 Å². The minimum Gasteiger partial charge on any atom is -0.258 e. The number of aromatic nitrogens is 1. The number of hydrogen-bond donors (Lipinski definition) is 1. The predicted octanol–water partition coefficient (Wildman–Crippen LogP) is 4.72. The van der Waals surface area contributed by atoms with Crippen LogP contribution in [0.4, 0.5) is 0 Å². The SMILES string of the molecule is Cc1ccc(S(=O)(=O)NC(Cc2cccc(C)n2)c2ccccc2Br)cc1. The maximum absolute atomic E-state index is 12.9. The molecule has 0 radical (unpaired) electrons. The van der Waals surface area contributed by atoms with Crippen molar-refractivity contribution in [3.05, 3.63) is 93.7 Å². The van der Waals surface area contributed by atoms with E-state index in [2.05, 4.69) is 25.6 Å². The van der Waals surface area contributed by atoms with Gasteiger partial charge in [-0.15, -0.1) is 0 Å². The molecule has 3 rings (SSSR count). The van der Waals surface area contributed by atoms with Crippen LogP contribution in [0.3, 0.4) is 0 Å². The number of nitrogens with zero attached hydrogens (tertiary/aromatic N) is 1. The van der Waals surface area contributed by atoms with Crippen molar-refractivity contribution in [2.24, 2.45) is 0 Å². The maximum atomic E-state index is 12.9. The minimum absolute atomic E-state index is 0.252. The zero-order chi connectivity index (χ0) is 19.4. The molecule has 27 heavy (non-hydrogen) atoms. The monoisotopic (exact) mass is 444 g/mol. The summed E-state index contributed by atoms with van der Waals surface area (Å²) in [7, 11) is -3.67. The van der Waals surface area contributed by atoms with Gasteiger partial charge in [0.25, 0.3) is 0 Å². The number of sulfonamides is 1. The Morgan fingerprint density at radius 1 is 0.963 bits per heavy atom. The van der Waals surface area contributed by atoms with E-state index >= 15 is 0 Å². The Morgan fingerprint density at radius 2 is 1.67 bits per heavy atom. The van der Waals surface area contributed by atoms with Crippen LogP contribution in [0.25, 0.3) is 0 Å². The van der Waals surface area contributed by atoms with E-state index in [-0.39, 0.29) is 4.90 Å². The molecular weight excluding hydrogens is 424 g/mol. The zero-order valence-corrected chi connectivity index (χ0v) is 17.6. The largest absolute Gasteiger partial charge is 0.258 e. The first-order chi connectivity index (χ1) is 12.8. The van der Waals surface area contributed by atoms with Crippen LogP contribution in [0.5, 0.6) is 0 Å². The van der Waals surface area contributed by atoms with E-state index in [9.17, 15) is 8.42 Å². The van der Waals surface area contributed by atoms with Gasteiger partial charge in [-0.05, 0) is 49.7 Å². The summed E-state index contributed by atoms with van der Waals surface area (Å²) < 4.78 is 29.6. The van der Waals surface area contributed by atoms with Crippen molar-refractivity contribution in [1.29, 1.82) is 0 Å². The summed E-state index contributed by atoms with van der Waals surface area (Å²) >= 11 is 3.54. The third-order valence-corrected chi connectivity index (χ3v) is 6.48. The Balaban J connectivity index is 1.96. The first kappa shape index (κ1) is 19.7. The average Bonchev–Trinajstić information content (AvgIpc) is 2.62. The van der Waals surface area contributed by atoms with Crippen LogP contribution in [0.15, 0.2) is 76.1 Å². The lowest BCUT2D eigenvalue weighted by Crippen LogP contribution is -2.30. The topological polar surface area (TPSA) is 59.1 Å². The fourth-order valence-corrected chi connectivity index (χ4v) is 4.64. The van der Waals surface area contributed by atoms with Gasteiger partial charge in [0.05, 0.1) is 10.9 Å². The Kier molecular flexibility index (Phi) is 6.09. The second-order valence-electron chi connectivity index (χ2n) is 6.48. The molecule has 0 fully saturated rings. The Morgan fingerprint density at radius 3 is 2.33 bits per heavy atom. The molecule has 4 nitrogen and oxygen atoms in total. The highest BCUT2D eigenvalue weighted by Gasteiger charge is 2.23. The van der Waals surface area contributed by atoms with Crippen LogP contribution in [0, 0.1) is 13.8 Å². The van der Waals surface area contributed by atoms with Gasteiger partial charge in [-0.25, -0.2) is 13.1 Å². The summed E-state index contributed by atoms with van der Waals surface area (Å²) in [6, 6.07) is 19.8. The number of nitrogens with one attached hydrogen (secondary N) is 1. The highest BCUT2D eigenvalue weighted by molar-refractivity contribution is 9.10. The van der Waals surface area contributed by atoms with Crippen LogP contribution in [0.1, 0.15) is 28.6 Å². The van der Waals surface area contributed by atoms with Crippen molar-refractivity contribution >= 4 is 26.0 Å². The molecule has 0 aliphatic carbocycles. The number of halogens is 1. The fourth-order valence-electron chi connectivity index (χ4n) is 2.87. The quantitative estimate of drug-likeness (QED) is 0.597. The van der Waals surface area contributed by atoms with Gasteiger partial charge in [0.15, 0.2) is 0 Å². The van der Waals surface area contributed by atoms with E-state index in [0.717, 1.165) is 27.0 Å². The van der Waals surface area contributed by atoms with Gasteiger partial charge in [0.1, 0.15) is 0 Å². The molecule has 2 aromatic carbocycles. The van der Waals surface area contributed by atoms with Crippen LogP contribution in [-0.4, -0.2) is 13.4 Å². The lowest BCUT2D eigenvalue weighted by atomic mass is 10.0. The lowest BCUT2D eigenvalue weighted by molar-refractivity contribution is 0.552. The van der Waals surface area contributed by atoms with E-state index < -0.39 is 16.1 Å². The molecule has 1 atom stereocenters. The van der Waals surface area contributed by atoms with Crippen molar-refractivity contribution in [1.82, 2.24) is 9.71 Å². The summed E-state index contributed by atoms with van der Waals surface area (Å²) in [6.07, 6.45) is 0.454. The number of aryl methyl sites for hydroxylation is 2. The molecule has 140 valence electrons. The lowest BCUT2D eigenvalue weighted by Gasteiger charge is -2.20. The van der Waals surface area contributed by atoms with Crippen molar-refractivity contribution in [2.75, 3.05) is 0 Å². The van der Waals surface area contributed by atoms with E-state index in [0.29, 0.717) is 6.42 Å². The molecule has 1 unspecified atom stereocenters. The molecule has 1 N–H and O–H groups in total. The summed E-state index contributed by atoms with van der Waals surface area (Å²) in [4.78, 5) is 4.78. The molecule has 0 aliphatic rings. The molecule has 3 aromatic rings. The molecule has 0 bridgehead atoms. The van der Waals surface area contributed by atoms with Gasteiger partial charge >= 0.3 is 0 Å². The molecule has 0 aliphatic heterocycles. The third-order valence-electron chi connectivity index (χ3n) is 4.27. The summed E-state index contributed by atoms with van der Waals surface area (Å²) in [6.45, 7) is 3.85. The zero-order valence-electron chi connectivity index (χ0n) is 15.2. The normalized spacial score (nSPS) is 12.7. The van der Waals surface area contributed by atoms with Crippen molar-refractivity contribution in [3.63, 3.8) is 0 Å². The second-order valence-corrected chi connectivity index (χ2v) is 9.05. The van der Waals surface area contributed by atoms with Crippen LogP contribution in [0.2, 0.25) is 0 Å². The number of hydrogen-bond acceptors (Lipinski definition) is 3. The molecule has 0 amide bonds. The Bertz CT molecular complexity index is 1030. The maximum Gasteiger partial charge on any atom is 0.241 e. The first-order valence-electron chi connectivity index (χ1n) is 8.61. The average molecular weight is 445 g/mol. The van der Waals surface area contributed by atoms with Gasteiger partial charge in [-0.1, -0.05) is 57.9 Å². The molecule has 6 heteroatoms. The fraction of sp³-hybridized carbons (Fsp3) is 0.190. The van der Waals surface area contributed by atoms with Gasteiger partial charge in [-0.3, -0.25) is 4.98 Å². The first-order valence-corrected chi connectivity index (χ1v) is 10.9. The van der Waals surface area contributed by atoms with Crippen LogP contribution >= 0.6 is 15.9 Å². The molecule has 0 saturated heterocycles. The number of pyridine rings is 1. The van der Waals surface area contributed by atoms with Crippen molar-refractivity contribution < 1.29 is 8.42 Å². The van der Waals surface area contributed by atoms with E-state index in [1.165, 1.54) is 0 Å². The van der Waals surface area contributed by atoms with Gasteiger partial charge in [-0.2, -0.15) is 0 Å². The number of benzene rings is 2. The van der Waals surface area contributed by atoms with Crippen molar-refractivity contribution in [2.45, 2.75) is 31.2 Å². The molecule has 1 aromatic heterocycles. The molecule has 1 heterocycles. The standard InChI is InChI=1S/C21H21BrN2O2S/c1-15-10-12-18(13-11-15)27(25,26)24-21(19-8-3-4-9-20(19)22)14-17-7-5-6-16(2)23-17/h3-13,21,24H,14H2,1-2H3. The highest BCUT2D eigenvalue weighted by Crippen LogP contribution is 2.27. The van der Waals surface area contributed by atoms with Crippen LogP contribution in [-0.2, 0) is 16.4 Å². The van der Waals surface area contributed by atoms with E-state index in [1.807, 2.05) is 56.3 Å². The predicted molar refractivity (Wildman–Crippen MR) is 111 cm³/mol. The van der Waals surface area contributed by atoms with Gasteiger partial charge in [0, 0.05) is 22.3 Å². The molecule has 0 spiro atoms. The second kappa shape index (κ2) is 8.33. The van der Waals surface area contributed by atoms with Gasteiger partial charge < -0.3 is 0 Å². The number of rotatable bonds is 6. The highest BCUT2D eigenvalue weighted by atomic mass is 79.9. The van der Waals surface area contributed by atoms with E-state index in [1.54, 1.807) is 24.3 Å². The minimum atomic E-state index is -3.67. The third kappa shape index (κ3) is 5.03. The Labute approximate surface area is 168 Å². The smallest absolute Gasteiger partial charge is 0.241 e. The molecule has 0 saturated carbocycles. The summed E-state index contributed by atoms with van der Waals surface area (Å²) in [5, 5.41) is 0. The van der Waals surface area contributed by atoms with Crippen LogP contribution < -0.4 is 4.72 Å². The summed E-state index contributed by atoms with van der Waals surface area (Å²) in [5.74, 6) is 0. The van der Waals surface area contributed by atoms with E-state index in [4.69, 9.17) is 0 Å². The molecular formula is C21H21BrN2O2S. The van der Waals surface area contributed by atoms with Gasteiger partial charge in [0.2, 0.25) is 10.0 Å².